The fourth-order valence-electron chi connectivity index (χ4n) is 2.91. The molecule has 0 unspecified atom stereocenters. The molecule has 3 rings (SSSR count). The number of rotatable bonds is 4. The Kier molecular flexibility index (Phi) is 3.84. The smallest absolute Gasteiger partial charge is 0.338 e. The average molecular weight is 340 g/mol. The highest BCUT2D eigenvalue weighted by Gasteiger charge is 2.25. The SMILES string of the molecule is COc1cc(C(=O)c2c(C)c(C(=O)O)c3ccc(O)cn23)ccc1N. The number of nitrogen functional groups attached to an aromatic ring is 1. The standard InChI is InChI=1S/C18H16N2O5/c1-9-15(18(23)24)13-6-4-11(21)8-20(13)16(9)17(22)10-3-5-12(19)14(7-10)25-2/h3-8,21H,19H2,1-2H3,(H,23,24). The lowest BCUT2D eigenvalue weighted by atomic mass is 10.0. The summed E-state index contributed by atoms with van der Waals surface area (Å²) < 4.78 is 6.52. The fraction of sp³-hybridized carbons (Fsp3) is 0.111. The van der Waals surface area contributed by atoms with Crippen LogP contribution in [0.5, 0.6) is 11.5 Å². The molecule has 128 valence electrons. The Morgan fingerprint density at radius 2 is 1.92 bits per heavy atom. The van der Waals surface area contributed by atoms with Crippen LogP contribution in [0.25, 0.3) is 5.52 Å². The minimum atomic E-state index is -1.14. The molecule has 0 aliphatic heterocycles. The molecule has 0 saturated carbocycles. The molecular formula is C18H16N2O5. The maximum absolute atomic E-state index is 13.0. The predicted octanol–water partition coefficient (Wildman–Crippen LogP) is 2.47. The largest absolute Gasteiger partial charge is 0.506 e. The number of ether oxygens (including phenoxy) is 1. The van der Waals surface area contributed by atoms with Gasteiger partial charge >= 0.3 is 5.97 Å². The van der Waals surface area contributed by atoms with Crippen molar-refractivity contribution in [1.29, 1.82) is 0 Å². The first-order valence-corrected chi connectivity index (χ1v) is 7.40. The number of hydrogen-bond acceptors (Lipinski definition) is 5. The molecule has 25 heavy (non-hydrogen) atoms. The highest BCUT2D eigenvalue weighted by molar-refractivity contribution is 6.13. The van der Waals surface area contributed by atoms with Crippen molar-refractivity contribution < 1.29 is 24.5 Å². The second-order valence-corrected chi connectivity index (χ2v) is 5.58. The molecule has 0 saturated heterocycles. The number of carbonyl (C=O) groups is 2. The molecule has 2 heterocycles. The molecule has 0 atom stereocenters. The second-order valence-electron chi connectivity index (χ2n) is 5.58. The van der Waals surface area contributed by atoms with E-state index in [0.29, 0.717) is 28.1 Å². The Balaban J connectivity index is 2.28. The van der Waals surface area contributed by atoms with Crippen LogP contribution in [0.3, 0.4) is 0 Å². The highest BCUT2D eigenvalue weighted by Crippen LogP contribution is 2.29. The molecule has 0 aliphatic rings. The molecule has 0 fully saturated rings. The van der Waals surface area contributed by atoms with Gasteiger partial charge in [0.2, 0.25) is 5.78 Å². The molecule has 0 aliphatic carbocycles. The summed E-state index contributed by atoms with van der Waals surface area (Å²) in [7, 11) is 1.44. The van der Waals surface area contributed by atoms with E-state index in [4.69, 9.17) is 10.5 Å². The number of aromatic nitrogens is 1. The van der Waals surface area contributed by atoms with Gasteiger partial charge in [0.25, 0.3) is 0 Å². The lowest BCUT2D eigenvalue weighted by Crippen LogP contribution is -2.08. The van der Waals surface area contributed by atoms with E-state index < -0.39 is 11.8 Å². The van der Waals surface area contributed by atoms with Crippen LogP contribution < -0.4 is 10.5 Å². The number of carboxylic acid groups (broad SMARTS) is 1. The van der Waals surface area contributed by atoms with E-state index in [1.807, 2.05) is 0 Å². The molecule has 0 radical (unpaired) electrons. The van der Waals surface area contributed by atoms with Crippen molar-refractivity contribution >= 4 is 23.0 Å². The van der Waals surface area contributed by atoms with Gasteiger partial charge in [0.1, 0.15) is 11.5 Å². The Bertz CT molecular complexity index is 1020. The number of nitrogens with zero attached hydrogens (tertiary/aromatic N) is 1. The third-order valence-electron chi connectivity index (χ3n) is 4.08. The number of ketones is 1. The Labute approximate surface area is 142 Å². The quantitative estimate of drug-likeness (QED) is 0.496. The molecule has 2 aromatic heterocycles. The average Bonchev–Trinajstić information content (AvgIpc) is 2.85. The van der Waals surface area contributed by atoms with Gasteiger partial charge in [0.15, 0.2) is 0 Å². The normalized spacial score (nSPS) is 10.8. The van der Waals surface area contributed by atoms with E-state index in [1.54, 1.807) is 19.1 Å². The number of anilines is 1. The van der Waals surface area contributed by atoms with Crippen LogP contribution in [0.4, 0.5) is 5.69 Å². The number of fused-ring (bicyclic) bond motifs is 1. The van der Waals surface area contributed by atoms with Crippen molar-refractivity contribution in [2.24, 2.45) is 0 Å². The van der Waals surface area contributed by atoms with Gasteiger partial charge in [-0.2, -0.15) is 0 Å². The van der Waals surface area contributed by atoms with Gasteiger partial charge in [0, 0.05) is 5.56 Å². The minimum Gasteiger partial charge on any atom is -0.506 e. The molecule has 7 nitrogen and oxygen atoms in total. The van der Waals surface area contributed by atoms with Gasteiger partial charge in [-0.25, -0.2) is 4.79 Å². The number of nitrogens with two attached hydrogens (primary N) is 1. The van der Waals surface area contributed by atoms with Crippen molar-refractivity contribution in [3.05, 3.63) is 58.9 Å². The predicted molar refractivity (Wildman–Crippen MR) is 91.6 cm³/mol. The zero-order valence-electron chi connectivity index (χ0n) is 13.6. The molecule has 0 bridgehead atoms. The zero-order valence-corrected chi connectivity index (χ0v) is 13.6. The number of hydrogen-bond donors (Lipinski definition) is 3. The van der Waals surface area contributed by atoms with Gasteiger partial charge in [-0.05, 0) is 42.8 Å². The van der Waals surface area contributed by atoms with Crippen LogP contribution in [-0.2, 0) is 0 Å². The summed E-state index contributed by atoms with van der Waals surface area (Å²) in [6, 6.07) is 7.43. The van der Waals surface area contributed by atoms with Crippen molar-refractivity contribution in [3.8, 4) is 11.5 Å². The monoisotopic (exact) mass is 340 g/mol. The van der Waals surface area contributed by atoms with Gasteiger partial charge < -0.3 is 25.1 Å². The van der Waals surface area contributed by atoms with Crippen molar-refractivity contribution in [2.75, 3.05) is 12.8 Å². The highest BCUT2D eigenvalue weighted by atomic mass is 16.5. The molecule has 1 aromatic carbocycles. The van der Waals surface area contributed by atoms with E-state index in [-0.39, 0.29) is 17.0 Å². The van der Waals surface area contributed by atoms with Gasteiger partial charge in [-0.3, -0.25) is 4.79 Å². The summed E-state index contributed by atoms with van der Waals surface area (Å²) in [6.45, 7) is 1.56. The molecule has 3 aromatic rings. The second kappa shape index (κ2) is 5.86. The van der Waals surface area contributed by atoms with E-state index in [2.05, 4.69) is 0 Å². The first-order chi connectivity index (χ1) is 11.8. The van der Waals surface area contributed by atoms with E-state index in [1.165, 1.54) is 35.9 Å². The first-order valence-electron chi connectivity index (χ1n) is 7.40. The molecule has 0 spiro atoms. The fourth-order valence-corrected chi connectivity index (χ4v) is 2.91. The van der Waals surface area contributed by atoms with Crippen molar-refractivity contribution in [1.82, 2.24) is 4.40 Å². The summed E-state index contributed by atoms with van der Waals surface area (Å²) in [5, 5.41) is 19.2. The number of carboxylic acids is 1. The molecule has 7 heteroatoms. The third-order valence-corrected chi connectivity index (χ3v) is 4.08. The van der Waals surface area contributed by atoms with Gasteiger partial charge in [0.05, 0.1) is 35.8 Å². The Morgan fingerprint density at radius 1 is 1.20 bits per heavy atom. The molecular weight excluding hydrogens is 324 g/mol. The van der Waals surface area contributed by atoms with Crippen LogP contribution in [0.2, 0.25) is 0 Å². The summed E-state index contributed by atoms with van der Waals surface area (Å²) in [5.74, 6) is -1.27. The van der Waals surface area contributed by atoms with Crippen LogP contribution in [0, 0.1) is 6.92 Å². The number of carbonyl (C=O) groups excluding carboxylic acids is 1. The van der Waals surface area contributed by atoms with E-state index in [9.17, 15) is 19.8 Å². The number of benzene rings is 1. The van der Waals surface area contributed by atoms with E-state index in [0.717, 1.165) is 0 Å². The summed E-state index contributed by atoms with van der Waals surface area (Å²) >= 11 is 0. The third kappa shape index (κ3) is 2.55. The number of aromatic hydroxyl groups is 1. The number of pyridine rings is 1. The van der Waals surface area contributed by atoms with Crippen LogP contribution in [0.1, 0.15) is 32.0 Å². The number of methoxy groups -OCH3 is 1. The maximum atomic E-state index is 13.0. The zero-order chi connectivity index (χ0) is 18.3. The topological polar surface area (TPSA) is 114 Å². The van der Waals surface area contributed by atoms with Crippen LogP contribution in [-0.4, -0.2) is 33.5 Å². The summed E-state index contributed by atoms with van der Waals surface area (Å²) in [5.41, 5.74) is 7.29. The molecule has 0 amide bonds. The van der Waals surface area contributed by atoms with E-state index >= 15 is 0 Å². The van der Waals surface area contributed by atoms with Crippen LogP contribution in [0.15, 0.2) is 36.5 Å². The van der Waals surface area contributed by atoms with Crippen molar-refractivity contribution in [3.63, 3.8) is 0 Å². The summed E-state index contributed by atoms with van der Waals surface area (Å²) in [4.78, 5) is 24.6. The number of aromatic carboxylic acids is 1. The Hall–Kier alpha value is -3.48. The van der Waals surface area contributed by atoms with Crippen LogP contribution >= 0.6 is 0 Å². The minimum absolute atomic E-state index is 0.0192. The molecule has 4 N–H and O–H groups in total. The lowest BCUT2D eigenvalue weighted by Gasteiger charge is -2.08. The van der Waals surface area contributed by atoms with Gasteiger partial charge in [-0.15, -0.1) is 0 Å². The lowest BCUT2D eigenvalue weighted by molar-refractivity contribution is 0.0698. The van der Waals surface area contributed by atoms with Crippen molar-refractivity contribution in [2.45, 2.75) is 6.92 Å². The first kappa shape index (κ1) is 16.4. The summed E-state index contributed by atoms with van der Waals surface area (Å²) in [6.07, 6.45) is 1.32. The maximum Gasteiger partial charge on any atom is 0.338 e. The van der Waals surface area contributed by atoms with Gasteiger partial charge in [-0.1, -0.05) is 0 Å². The Morgan fingerprint density at radius 3 is 2.56 bits per heavy atom.